The average Bonchev–Trinajstić information content (AvgIpc) is 2.32. The molecule has 1 atom stereocenters. The highest BCUT2D eigenvalue weighted by Gasteiger charge is 2.04. The van der Waals surface area contributed by atoms with Crippen LogP contribution >= 0.6 is 22.6 Å². The average molecular weight is 331 g/mol. The molecular weight excluding hydrogens is 309 g/mol. The quantitative estimate of drug-likeness (QED) is 0.745. The van der Waals surface area contributed by atoms with E-state index < -0.39 is 0 Å². The second kappa shape index (κ2) is 8.07. The Labute approximate surface area is 113 Å². The predicted molar refractivity (Wildman–Crippen MR) is 79.9 cm³/mol. The molecule has 1 nitrogen and oxygen atoms in total. The van der Waals surface area contributed by atoms with Crippen molar-refractivity contribution in [3.63, 3.8) is 0 Å². The van der Waals surface area contributed by atoms with Crippen LogP contribution in [0.25, 0.3) is 0 Å². The first-order chi connectivity index (χ1) is 7.76. The van der Waals surface area contributed by atoms with Crippen LogP contribution in [0.15, 0.2) is 24.3 Å². The molecule has 1 N–H and O–H groups in total. The van der Waals surface area contributed by atoms with Crippen LogP contribution in [-0.2, 0) is 6.42 Å². The molecule has 1 unspecified atom stereocenters. The van der Waals surface area contributed by atoms with Crippen LogP contribution in [0.1, 0.15) is 38.7 Å². The van der Waals surface area contributed by atoms with Crippen molar-refractivity contribution in [2.24, 2.45) is 0 Å². The molecule has 0 saturated heterocycles. The summed E-state index contributed by atoms with van der Waals surface area (Å²) in [6.07, 6.45) is 4.88. The number of benzene rings is 1. The van der Waals surface area contributed by atoms with Crippen LogP contribution in [0.5, 0.6) is 0 Å². The molecule has 0 aliphatic heterocycles. The number of nitrogens with one attached hydrogen (secondary N) is 1. The number of hydrogen-bond acceptors (Lipinski definition) is 1. The fourth-order valence-corrected chi connectivity index (χ4v) is 2.15. The van der Waals surface area contributed by atoms with Crippen LogP contribution < -0.4 is 5.32 Å². The van der Waals surface area contributed by atoms with E-state index in [9.17, 15) is 0 Å². The van der Waals surface area contributed by atoms with Gasteiger partial charge in [-0.25, -0.2) is 0 Å². The number of rotatable bonds is 7. The highest BCUT2D eigenvalue weighted by atomic mass is 127. The van der Waals surface area contributed by atoms with Gasteiger partial charge in [0.2, 0.25) is 0 Å². The molecular formula is C14H22IN. The molecule has 0 amide bonds. The molecule has 0 heterocycles. The fourth-order valence-electron chi connectivity index (χ4n) is 1.79. The lowest BCUT2D eigenvalue weighted by Gasteiger charge is -2.16. The van der Waals surface area contributed by atoms with Gasteiger partial charge in [-0.1, -0.05) is 26.0 Å². The van der Waals surface area contributed by atoms with Crippen molar-refractivity contribution < 1.29 is 0 Å². The molecule has 90 valence electrons. The molecule has 0 aromatic heterocycles. The summed E-state index contributed by atoms with van der Waals surface area (Å²) >= 11 is 2.35. The summed E-state index contributed by atoms with van der Waals surface area (Å²) in [6.45, 7) is 5.63. The lowest BCUT2D eigenvalue weighted by molar-refractivity contribution is 0.468. The molecule has 0 fully saturated rings. The van der Waals surface area contributed by atoms with Crippen LogP contribution in [-0.4, -0.2) is 12.6 Å². The molecule has 0 aliphatic rings. The molecule has 0 spiro atoms. The van der Waals surface area contributed by atoms with Gasteiger partial charge in [0.15, 0.2) is 0 Å². The summed E-state index contributed by atoms with van der Waals surface area (Å²) in [5.41, 5.74) is 1.46. The molecule has 2 heteroatoms. The zero-order valence-electron chi connectivity index (χ0n) is 10.3. The van der Waals surface area contributed by atoms with Gasteiger partial charge in [0, 0.05) is 9.61 Å². The first-order valence-electron chi connectivity index (χ1n) is 6.24. The standard InChI is InChI=1S/C14H22IN/c1-3-11-16-14(4-2)10-7-12-5-8-13(15)9-6-12/h5-6,8-9,14,16H,3-4,7,10-11H2,1-2H3. The van der Waals surface area contributed by atoms with Gasteiger partial charge in [-0.3, -0.25) is 0 Å². The first-order valence-corrected chi connectivity index (χ1v) is 7.32. The van der Waals surface area contributed by atoms with Crippen LogP contribution in [0.4, 0.5) is 0 Å². The van der Waals surface area contributed by atoms with Gasteiger partial charge in [0.05, 0.1) is 0 Å². The molecule has 1 aromatic rings. The predicted octanol–water partition coefficient (Wildman–Crippen LogP) is 4.00. The normalized spacial score (nSPS) is 12.7. The largest absolute Gasteiger partial charge is 0.314 e. The zero-order valence-corrected chi connectivity index (χ0v) is 12.5. The maximum atomic E-state index is 3.60. The maximum absolute atomic E-state index is 3.60. The van der Waals surface area contributed by atoms with Crippen LogP contribution in [0.2, 0.25) is 0 Å². The van der Waals surface area contributed by atoms with Gasteiger partial charge in [-0.2, -0.15) is 0 Å². The third kappa shape index (κ3) is 5.30. The first kappa shape index (κ1) is 14.0. The van der Waals surface area contributed by atoms with Crippen molar-refractivity contribution in [2.45, 2.75) is 45.6 Å². The lowest BCUT2D eigenvalue weighted by atomic mass is 10.0. The summed E-state index contributed by atoms with van der Waals surface area (Å²) in [4.78, 5) is 0. The van der Waals surface area contributed by atoms with E-state index >= 15 is 0 Å². The molecule has 16 heavy (non-hydrogen) atoms. The van der Waals surface area contributed by atoms with Crippen molar-refractivity contribution in [3.8, 4) is 0 Å². The Hall–Kier alpha value is -0.0900. The van der Waals surface area contributed by atoms with Crippen molar-refractivity contribution >= 4 is 22.6 Å². The van der Waals surface area contributed by atoms with Gasteiger partial charge in [0.1, 0.15) is 0 Å². The smallest absolute Gasteiger partial charge is 0.0130 e. The molecule has 1 aromatic carbocycles. The van der Waals surface area contributed by atoms with Gasteiger partial charge in [-0.15, -0.1) is 0 Å². The highest BCUT2D eigenvalue weighted by Crippen LogP contribution is 2.10. The highest BCUT2D eigenvalue weighted by molar-refractivity contribution is 14.1. The van der Waals surface area contributed by atoms with E-state index in [4.69, 9.17) is 0 Å². The zero-order chi connectivity index (χ0) is 11.8. The van der Waals surface area contributed by atoms with Crippen molar-refractivity contribution in [1.82, 2.24) is 5.32 Å². The second-order valence-electron chi connectivity index (χ2n) is 4.22. The Morgan fingerprint density at radius 2 is 1.88 bits per heavy atom. The Kier molecular flexibility index (Phi) is 7.05. The van der Waals surface area contributed by atoms with E-state index in [2.05, 4.69) is 66.0 Å². The Balaban J connectivity index is 2.34. The minimum Gasteiger partial charge on any atom is -0.314 e. The van der Waals surface area contributed by atoms with E-state index in [0.29, 0.717) is 6.04 Å². The fraction of sp³-hybridized carbons (Fsp3) is 0.571. The van der Waals surface area contributed by atoms with Gasteiger partial charge in [0.25, 0.3) is 0 Å². The van der Waals surface area contributed by atoms with Crippen molar-refractivity contribution in [2.75, 3.05) is 6.54 Å². The Morgan fingerprint density at radius 3 is 2.44 bits per heavy atom. The SMILES string of the molecule is CCCNC(CC)CCc1ccc(I)cc1. The summed E-state index contributed by atoms with van der Waals surface area (Å²) in [5.74, 6) is 0. The number of aryl methyl sites for hydroxylation is 1. The van der Waals surface area contributed by atoms with E-state index in [0.717, 1.165) is 6.54 Å². The van der Waals surface area contributed by atoms with E-state index in [-0.39, 0.29) is 0 Å². The van der Waals surface area contributed by atoms with Gasteiger partial charge in [-0.05, 0) is 72.5 Å². The maximum Gasteiger partial charge on any atom is 0.0130 e. The van der Waals surface area contributed by atoms with Crippen LogP contribution in [0, 0.1) is 3.57 Å². The lowest BCUT2D eigenvalue weighted by Crippen LogP contribution is -2.29. The Morgan fingerprint density at radius 1 is 1.19 bits per heavy atom. The molecule has 0 bridgehead atoms. The molecule has 0 radical (unpaired) electrons. The monoisotopic (exact) mass is 331 g/mol. The summed E-state index contributed by atoms with van der Waals surface area (Å²) in [5, 5.41) is 3.60. The van der Waals surface area contributed by atoms with Gasteiger partial charge < -0.3 is 5.32 Å². The topological polar surface area (TPSA) is 12.0 Å². The van der Waals surface area contributed by atoms with Crippen LogP contribution in [0.3, 0.4) is 0 Å². The van der Waals surface area contributed by atoms with E-state index in [1.165, 1.54) is 34.8 Å². The number of halogens is 1. The van der Waals surface area contributed by atoms with Crippen molar-refractivity contribution in [1.29, 1.82) is 0 Å². The second-order valence-corrected chi connectivity index (χ2v) is 5.47. The summed E-state index contributed by atoms with van der Waals surface area (Å²) in [7, 11) is 0. The van der Waals surface area contributed by atoms with Crippen molar-refractivity contribution in [3.05, 3.63) is 33.4 Å². The Bertz CT molecular complexity index is 281. The summed E-state index contributed by atoms with van der Waals surface area (Å²) < 4.78 is 1.32. The van der Waals surface area contributed by atoms with E-state index in [1.54, 1.807) is 0 Å². The van der Waals surface area contributed by atoms with Gasteiger partial charge >= 0.3 is 0 Å². The van der Waals surface area contributed by atoms with E-state index in [1.807, 2.05) is 0 Å². The molecule has 0 aliphatic carbocycles. The minimum absolute atomic E-state index is 0.680. The summed E-state index contributed by atoms with van der Waals surface area (Å²) in [6, 6.07) is 9.55. The third-order valence-corrected chi connectivity index (χ3v) is 3.59. The molecule has 0 saturated carbocycles. The molecule has 1 rings (SSSR count). The minimum atomic E-state index is 0.680. The third-order valence-electron chi connectivity index (χ3n) is 2.87. The number of hydrogen-bond donors (Lipinski definition) is 1.